The van der Waals surface area contributed by atoms with E-state index in [1.165, 1.54) is 63.4 Å². The Morgan fingerprint density at radius 2 is 1.64 bits per heavy atom. The van der Waals surface area contributed by atoms with Crippen molar-refractivity contribution in [3.8, 4) is 0 Å². The van der Waals surface area contributed by atoms with Crippen molar-refractivity contribution in [3.63, 3.8) is 0 Å². The van der Waals surface area contributed by atoms with Crippen molar-refractivity contribution >= 4 is 11.9 Å². The molecule has 0 heterocycles. The van der Waals surface area contributed by atoms with Gasteiger partial charge in [0.25, 0.3) is 0 Å². The van der Waals surface area contributed by atoms with Gasteiger partial charge in [-0.05, 0) is 80.6 Å². The summed E-state index contributed by atoms with van der Waals surface area (Å²) < 4.78 is 11.5. The molecule has 3 fully saturated rings. The molecule has 0 bridgehead atoms. The first kappa shape index (κ1) is 27.7. The topological polar surface area (TPSA) is 52.6 Å². The summed E-state index contributed by atoms with van der Waals surface area (Å²) in [5.74, 6) is 3.55. The van der Waals surface area contributed by atoms with Crippen LogP contribution in [0.25, 0.3) is 0 Å². The van der Waals surface area contributed by atoms with Crippen molar-refractivity contribution in [2.24, 2.45) is 35.0 Å². The van der Waals surface area contributed by atoms with Gasteiger partial charge in [-0.1, -0.05) is 84.1 Å². The monoisotopic (exact) mass is 500 g/mol. The molecule has 4 nitrogen and oxygen atoms in total. The fraction of sp³-hybridized carbons (Fsp3) is 0.875. The highest BCUT2D eigenvalue weighted by Crippen LogP contribution is 2.64. The van der Waals surface area contributed by atoms with E-state index in [9.17, 15) is 9.59 Å². The lowest BCUT2D eigenvalue weighted by Gasteiger charge is -2.56. The number of unbranched alkanes of at least 4 members (excludes halogenated alkanes) is 9. The molecular weight excluding hydrogens is 448 g/mol. The number of carbonyl (C=O) groups excluding carboxylic acids is 2. The summed E-state index contributed by atoms with van der Waals surface area (Å²) in [5.41, 5.74) is 1.49. The van der Waals surface area contributed by atoms with E-state index in [1.54, 1.807) is 0 Å². The van der Waals surface area contributed by atoms with Crippen LogP contribution in [0.3, 0.4) is 0 Å². The predicted octanol–water partition coefficient (Wildman–Crippen LogP) is 8.82. The molecule has 0 aromatic rings. The van der Waals surface area contributed by atoms with E-state index in [0.717, 1.165) is 51.4 Å². The Balaban J connectivity index is 1.18. The van der Waals surface area contributed by atoms with Crippen LogP contribution >= 0.6 is 0 Å². The Morgan fingerprint density at radius 3 is 2.36 bits per heavy atom. The number of rotatable bonds is 12. The molecule has 4 rings (SSSR count). The molecule has 0 aliphatic heterocycles. The zero-order chi connectivity index (χ0) is 25.5. The minimum absolute atomic E-state index is 0.0176. The maximum absolute atomic E-state index is 12.6. The molecule has 0 aromatic heterocycles. The van der Waals surface area contributed by atoms with Crippen LogP contribution in [-0.2, 0) is 14.3 Å². The zero-order valence-electron chi connectivity index (χ0n) is 23.4. The van der Waals surface area contributed by atoms with Crippen molar-refractivity contribution in [2.75, 3.05) is 6.61 Å². The third-order valence-corrected chi connectivity index (χ3v) is 10.5. The first-order valence-electron chi connectivity index (χ1n) is 15.5. The second kappa shape index (κ2) is 13.0. The smallest absolute Gasteiger partial charge is 0.434 e. The quantitative estimate of drug-likeness (QED) is 0.198. The molecule has 0 radical (unpaired) electrons. The number of ether oxygens (including phenoxy) is 2. The van der Waals surface area contributed by atoms with Gasteiger partial charge in [-0.2, -0.15) is 0 Å². The molecule has 0 N–H and O–H groups in total. The van der Waals surface area contributed by atoms with Gasteiger partial charge in [0.2, 0.25) is 0 Å². The van der Waals surface area contributed by atoms with E-state index in [-0.39, 0.29) is 11.5 Å². The first-order valence-corrected chi connectivity index (χ1v) is 15.5. The fourth-order valence-corrected chi connectivity index (χ4v) is 8.81. The molecular formula is C32H52O4. The Bertz CT molecular complexity index is 772. The van der Waals surface area contributed by atoms with E-state index in [4.69, 9.17) is 9.47 Å². The molecule has 0 aromatic carbocycles. The van der Waals surface area contributed by atoms with Gasteiger partial charge >= 0.3 is 6.16 Å². The second-order valence-electron chi connectivity index (χ2n) is 12.9. The van der Waals surface area contributed by atoms with Gasteiger partial charge in [0.1, 0.15) is 6.10 Å². The molecule has 4 aliphatic rings. The summed E-state index contributed by atoms with van der Waals surface area (Å²) in [6, 6.07) is 0. The standard InChI is InChI=1S/C32H52O4/c1-4-5-6-7-8-9-10-11-12-13-20-35-31(34)36-29-19-18-28-27-16-14-24-21-25(33)15-17-26(24)30(27)23(2)22-32(28,29)3/h21,23,26-30H,4-20,22H2,1-3H3/t23-,26-,27-,28-,29-,30+,32-/m0/s1. The highest BCUT2D eigenvalue weighted by molar-refractivity contribution is 5.91. The Hall–Kier alpha value is -1.32. The highest BCUT2D eigenvalue weighted by Gasteiger charge is 2.59. The van der Waals surface area contributed by atoms with Crippen LogP contribution in [0.2, 0.25) is 0 Å². The van der Waals surface area contributed by atoms with Crippen LogP contribution in [0.5, 0.6) is 0 Å². The number of hydrogen-bond donors (Lipinski definition) is 0. The van der Waals surface area contributed by atoms with Gasteiger partial charge in [-0.3, -0.25) is 4.79 Å². The summed E-state index contributed by atoms with van der Waals surface area (Å²) >= 11 is 0. The van der Waals surface area contributed by atoms with Gasteiger partial charge in [0, 0.05) is 11.8 Å². The van der Waals surface area contributed by atoms with Gasteiger partial charge in [0.15, 0.2) is 5.78 Å². The minimum Gasteiger partial charge on any atom is -0.434 e. The molecule has 36 heavy (non-hydrogen) atoms. The summed E-state index contributed by atoms with van der Waals surface area (Å²) in [5, 5.41) is 0. The largest absolute Gasteiger partial charge is 0.508 e. The summed E-state index contributed by atoms with van der Waals surface area (Å²) in [4.78, 5) is 24.6. The third-order valence-electron chi connectivity index (χ3n) is 10.5. The van der Waals surface area contributed by atoms with Gasteiger partial charge in [-0.25, -0.2) is 4.79 Å². The lowest BCUT2D eigenvalue weighted by atomic mass is 9.49. The second-order valence-corrected chi connectivity index (χ2v) is 12.9. The van der Waals surface area contributed by atoms with Crippen LogP contribution < -0.4 is 0 Å². The average molecular weight is 501 g/mol. The zero-order valence-corrected chi connectivity index (χ0v) is 23.4. The van der Waals surface area contributed by atoms with Crippen molar-refractivity contribution in [1.29, 1.82) is 0 Å². The van der Waals surface area contributed by atoms with E-state index in [2.05, 4.69) is 20.8 Å². The maximum atomic E-state index is 12.6. The Kier molecular flexibility index (Phi) is 9.98. The van der Waals surface area contributed by atoms with Crippen LogP contribution in [0, 0.1) is 35.0 Å². The molecule has 0 spiro atoms. The number of carbonyl (C=O) groups is 2. The number of fused-ring (bicyclic) bond motifs is 5. The van der Waals surface area contributed by atoms with E-state index in [0.29, 0.717) is 42.0 Å². The molecule has 4 aliphatic carbocycles. The van der Waals surface area contributed by atoms with Crippen LogP contribution in [-0.4, -0.2) is 24.6 Å². The molecule has 0 amide bonds. The van der Waals surface area contributed by atoms with E-state index >= 15 is 0 Å². The number of hydrogen-bond acceptors (Lipinski definition) is 4. The fourth-order valence-electron chi connectivity index (χ4n) is 8.81. The SMILES string of the molecule is CCCCCCCCCCCCOC(=O)O[C@H]1CC[C@H]2[C@@H]3CCC4=CC(=O)CC[C@@H]4[C@H]3[C@@H](C)C[C@]12C. The lowest BCUT2D eigenvalue weighted by molar-refractivity contribution is -0.117. The minimum atomic E-state index is -0.452. The van der Waals surface area contributed by atoms with E-state index in [1.807, 2.05) is 6.08 Å². The van der Waals surface area contributed by atoms with Crippen molar-refractivity contribution in [2.45, 2.75) is 136 Å². The maximum Gasteiger partial charge on any atom is 0.508 e. The van der Waals surface area contributed by atoms with Gasteiger partial charge in [-0.15, -0.1) is 0 Å². The molecule has 7 atom stereocenters. The first-order chi connectivity index (χ1) is 17.4. The lowest BCUT2D eigenvalue weighted by Crippen LogP contribution is -2.51. The van der Waals surface area contributed by atoms with Crippen molar-refractivity contribution < 1.29 is 19.1 Å². The van der Waals surface area contributed by atoms with Crippen molar-refractivity contribution in [3.05, 3.63) is 11.6 Å². The van der Waals surface area contributed by atoms with Crippen LogP contribution in [0.1, 0.15) is 130 Å². The van der Waals surface area contributed by atoms with Crippen LogP contribution in [0.15, 0.2) is 11.6 Å². The average Bonchev–Trinajstić information content (AvgIpc) is 3.17. The summed E-state index contributed by atoms with van der Waals surface area (Å²) in [6.45, 7) is 7.54. The summed E-state index contributed by atoms with van der Waals surface area (Å²) in [6.07, 6.45) is 21.6. The van der Waals surface area contributed by atoms with Gasteiger partial charge < -0.3 is 9.47 Å². The molecule has 204 valence electrons. The number of allylic oxidation sites excluding steroid dienone is 1. The van der Waals surface area contributed by atoms with Gasteiger partial charge in [0.05, 0.1) is 6.61 Å². The predicted molar refractivity (Wildman–Crippen MR) is 145 cm³/mol. The van der Waals surface area contributed by atoms with Crippen molar-refractivity contribution in [1.82, 2.24) is 0 Å². The molecule has 0 unspecified atom stereocenters. The summed E-state index contributed by atoms with van der Waals surface area (Å²) in [7, 11) is 0. The molecule has 4 heteroatoms. The normalized spacial score (nSPS) is 35.4. The Labute approximate surface area is 220 Å². The number of ketones is 1. The molecule has 3 saturated carbocycles. The Morgan fingerprint density at radius 1 is 0.944 bits per heavy atom. The highest BCUT2D eigenvalue weighted by atomic mass is 16.7. The third kappa shape index (κ3) is 6.38. The molecule has 0 saturated heterocycles. The van der Waals surface area contributed by atoms with E-state index < -0.39 is 6.16 Å². The van der Waals surface area contributed by atoms with Crippen LogP contribution in [0.4, 0.5) is 4.79 Å².